The van der Waals surface area contributed by atoms with Gasteiger partial charge in [-0.05, 0) is 43.3 Å². The van der Waals surface area contributed by atoms with E-state index in [0.29, 0.717) is 23.0 Å². The number of nitrogens with one attached hydrogen (secondary N) is 1. The van der Waals surface area contributed by atoms with Crippen LogP contribution >= 0.6 is 23.4 Å². The van der Waals surface area contributed by atoms with Gasteiger partial charge in [0, 0.05) is 31.6 Å². The first-order valence-corrected chi connectivity index (χ1v) is 9.07. The zero-order valence-corrected chi connectivity index (χ0v) is 14.7. The molecule has 1 N–H and O–H groups in total. The van der Waals surface area contributed by atoms with Gasteiger partial charge in [0.25, 0.3) is 5.91 Å². The van der Waals surface area contributed by atoms with Gasteiger partial charge in [0.05, 0.1) is 17.2 Å². The Balaban J connectivity index is 1.83. The molecule has 122 valence electrons. The van der Waals surface area contributed by atoms with Crippen LogP contribution in [0.1, 0.15) is 16.8 Å². The summed E-state index contributed by atoms with van der Waals surface area (Å²) in [6, 6.07) is 5.56. The number of hydrogen-bond donors (Lipinski definition) is 1. The molecule has 0 radical (unpaired) electrons. The Bertz CT molecular complexity index is 513. The SMILES string of the molecule is COCCN1CC[C@@H](CNC(=O)c2cc(SC)ccc2Cl)C1. The van der Waals surface area contributed by atoms with Gasteiger partial charge in [0.2, 0.25) is 0 Å². The lowest BCUT2D eigenvalue weighted by Gasteiger charge is -2.16. The third-order valence-corrected chi connectivity index (χ3v) is 5.01. The number of thioether (sulfide) groups is 1. The van der Waals surface area contributed by atoms with Crippen molar-refractivity contribution in [2.24, 2.45) is 5.92 Å². The summed E-state index contributed by atoms with van der Waals surface area (Å²) in [5.41, 5.74) is 0.558. The van der Waals surface area contributed by atoms with Gasteiger partial charge < -0.3 is 15.0 Å². The first kappa shape index (κ1) is 17.6. The van der Waals surface area contributed by atoms with Crippen molar-refractivity contribution in [1.29, 1.82) is 0 Å². The Morgan fingerprint density at radius 3 is 3.09 bits per heavy atom. The number of carbonyl (C=O) groups excluding carboxylic acids is 1. The maximum absolute atomic E-state index is 12.3. The number of rotatable bonds is 7. The van der Waals surface area contributed by atoms with Gasteiger partial charge in [-0.2, -0.15) is 0 Å². The van der Waals surface area contributed by atoms with Crippen molar-refractivity contribution in [3.8, 4) is 0 Å². The van der Waals surface area contributed by atoms with Crippen molar-refractivity contribution in [1.82, 2.24) is 10.2 Å². The van der Waals surface area contributed by atoms with Crippen LogP contribution < -0.4 is 5.32 Å². The molecule has 1 fully saturated rings. The molecule has 1 atom stereocenters. The minimum Gasteiger partial charge on any atom is -0.383 e. The van der Waals surface area contributed by atoms with Crippen LogP contribution in [0.4, 0.5) is 0 Å². The van der Waals surface area contributed by atoms with Crippen molar-refractivity contribution in [3.05, 3.63) is 28.8 Å². The number of halogens is 1. The fourth-order valence-corrected chi connectivity index (χ4v) is 3.28. The molecule has 22 heavy (non-hydrogen) atoms. The highest BCUT2D eigenvalue weighted by atomic mass is 35.5. The summed E-state index contributed by atoms with van der Waals surface area (Å²) in [6.45, 7) is 4.51. The highest BCUT2D eigenvalue weighted by Crippen LogP contribution is 2.23. The lowest BCUT2D eigenvalue weighted by molar-refractivity contribution is 0.0946. The van der Waals surface area contributed by atoms with Gasteiger partial charge in [0.1, 0.15) is 0 Å². The predicted octanol–water partition coefficient (Wildman–Crippen LogP) is 2.76. The van der Waals surface area contributed by atoms with E-state index in [1.165, 1.54) is 0 Å². The summed E-state index contributed by atoms with van der Waals surface area (Å²) in [7, 11) is 1.72. The van der Waals surface area contributed by atoms with E-state index in [9.17, 15) is 4.79 Å². The van der Waals surface area contributed by atoms with Crippen LogP contribution in [0.25, 0.3) is 0 Å². The molecule has 1 aromatic carbocycles. The number of hydrogen-bond acceptors (Lipinski definition) is 4. The van der Waals surface area contributed by atoms with Crippen LogP contribution in [-0.4, -0.2) is 57.0 Å². The first-order chi connectivity index (χ1) is 10.6. The Morgan fingerprint density at radius 1 is 1.55 bits per heavy atom. The molecule has 6 heteroatoms. The normalized spacial score (nSPS) is 18.6. The summed E-state index contributed by atoms with van der Waals surface area (Å²) in [5, 5.41) is 3.52. The van der Waals surface area contributed by atoms with E-state index in [0.717, 1.165) is 37.6 Å². The van der Waals surface area contributed by atoms with E-state index in [1.54, 1.807) is 24.9 Å². The Kier molecular flexibility index (Phi) is 7.02. The molecular weight excluding hydrogens is 320 g/mol. The van der Waals surface area contributed by atoms with Crippen molar-refractivity contribution in [2.45, 2.75) is 11.3 Å². The second-order valence-electron chi connectivity index (χ2n) is 5.50. The van der Waals surface area contributed by atoms with Crippen LogP contribution in [0.5, 0.6) is 0 Å². The Morgan fingerprint density at radius 2 is 2.36 bits per heavy atom. The molecule has 1 aromatic rings. The number of carbonyl (C=O) groups is 1. The molecule has 2 rings (SSSR count). The van der Waals surface area contributed by atoms with Crippen LogP contribution in [0.2, 0.25) is 5.02 Å². The van der Waals surface area contributed by atoms with E-state index >= 15 is 0 Å². The highest BCUT2D eigenvalue weighted by molar-refractivity contribution is 7.98. The average molecular weight is 343 g/mol. The number of likely N-dealkylation sites (tertiary alicyclic amines) is 1. The van der Waals surface area contributed by atoms with Crippen LogP contribution in [0.3, 0.4) is 0 Å². The predicted molar refractivity (Wildman–Crippen MR) is 92.0 cm³/mol. The maximum Gasteiger partial charge on any atom is 0.252 e. The van der Waals surface area contributed by atoms with Crippen LogP contribution in [-0.2, 0) is 4.74 Å². The van der Waals surface area contributed by atoms with E-state index in [2.05, 4.69) is 10.2 Å². The molecule has 4 nitrogen and oxygen atoms in total. The van der Waals surface area contributed by atoms with Gasteiger partial charge in [-0.3, -0.25) is 4.79 Å². The Labute approximate surface area is 141 Å². The molecule has 0 spiro atoms. The fraction of sp³-hybridized carbons (Fsp3) is 0.562. The highest BCUT2D eigenvalue weighted by Gasteiger charge is 2.23. The molecule has 1 amide bonds. The lowest BCUT2D eigenvalue weighted by atomic mass is 10.1. The molecule has 0 bridgehead atoms. The van der Waals surface area contributed by atoms with E-state index in [1.807, 2.05) is 18.4 Å². The minimum absolute atomic E-state index is 0.0868. The number of benzene rings is 1. The molecule has 1 heterocycles. The van der Waals surface area contributed by atoms with Gasteiger partial charge in [-0.1, -0.05) is 11.6 Å². The summed E-state index contributed by atoms with van der Waals surface area (Å²) >= 11 is 7.73. The van der Waals surface area contributed by atoms with E-state index in [-0.39, 0.29) is 5.91 Å². The summed E-state index contributed by atoms with van der Waals surface area (Å²) in [5.74, 6) is 0.416. The molecule has 0 aliphatic carbocycles. The first-order valence-electron chi connectivity index (χ1n) is 7.47. The second-order valence-corrected chi connectivity index (χ2v) is 6.79. The minimum atomic E-state index is -0.0868. The Hall–Kier alpha value is -0.750. The molecule has 0 unspecified atom stereocenters. The molecule has 0 saturated carbocycles. The van der Waals surface area contributed by atoms with Gasteiger partial charge >= 0.3 is 0 Å². The van der Waals surface area contributed by atoms with Gasteiger partial charge in [-0.15, -0.1) is 11.8 Å². The molecule has 1 aliphatic heterocycles. The maximum atomic E-state index is 12.3. The summed E-state index contributed by atoms with van der Waals surface area (Å²) in [4.78, 5) is 15.7. The quantitative estimate of drug-likeness (QED) is 0.774. The molecule has 1 saturated heterocycles. The number of amides is 1. The third kappa shape index (κ3) is 4.88. The third-order valence-electron chi connectivity index (χ3n) is 3.95. The van der Waals surface area contributed by atoms with Gasteiger partial charge in [-0.25, -0.2) is 0 Å². The smallest absolute Gasteiger partial charge is 0.252 e. The van der Waals surface area contributed by atoms with E-state index in [4.69, 9.17) is 16.3 Å². The number of nitrogens with zero attached hydrogens (tertiary/aromatic N) is 1. The number of methoxy groups -OCH3 is 1. The van der Waals surface area contributed by atoms with Crippen molar-refractivity contribution in [3.63, 3.8) is 0 Å². The topological polar surface area (TPSA) is 41.6 Å². The summed E-state index contributed by atoms with van der Waals surface area (Å²) in [6.07, 6.45) is 3.10. The summed E-state index contributed by atoms with van der Waals surface area (Å²) < 4.78 is 5.10. The fourth-order valence-electron chi connectivity index (χ4n) is 2.64. The van der Waals surface area contributed by atoms with Crippen LogP contribution in [0, 0.1) is 5.92 Å². The van der Waals surface area contributed by atoms with Crippen LogP contribution in [0.15, 0.2) is 23.1 Å². The lowest BCUT2D eigenvalue weighted by Crippen LogP contribution is -2.32. The van der Waals surface area contributed by atoms with E-state index < -0.39 is 0 Å². The zero-order valence-electron chi connectivity index (χ0n) is 13.1. The standard InChI is InChI=1S/C16H23ClN2O2S/c1-21-8-7-19-6-5-12(11-19)10-18-16(20)14-9-13(22-2)3-4-15(14)17/h3-4,9,12H,5-8,10-11H2,1-2H3,(H,18,20)/t12-/m0/s1. The monoisotopic (exact) mass is 342 g/mol. The average Bonchev–Trinajstić information content (AvgIpc) is 2.99. The van der Waals surface area contributed by atoms with Crippen molar-refractivity contribution in [2.75, 3.05) is 46.2 Å². The van der Waals surface area contributed by atoms with Crippen molar-refractivity contribution < 1.29 is 9.53 Å². The second kappa shape index (κ2) is 8.77. The zero-order chi connectivity index (χ0) is 15.9. The number of ether oxygens (including phenoxy) is 1. The van der Waals surface area contributed by atoms with Crippen molar-refractivity contribution >= 4 is 29.3 Å². The largest absolute Gasteiger partial charge is 0.383 e. The molecular formula is C16H23ClN2O2S. The van der Waals surface area contributed by atoms with Gasteiger partial charge in [0.15, 0.2) is 0 Å². The molecule has 0 aromatic heterocycles. The molecule has 1 aliphatic rings.